The molecule has 1 saturated carbocycles. The first-order valence-corrected chi connectivity index (χ1v) is 8.51. The van der Waals surface area contributed by atoms with Gasteiger partial charge in [0.25, 0.3) is 0 Å². The van der Waals surface area contributed by atoms with Crippen molar-refractivity contribution in [3.05, 3.63) is 18.2 Å². The fraction of sp³-hybridized carbons (Fsp3) is 0.824. The van der Waals surface area contributed by atoms with Crippen LogP contribution in [-0.2, 0) is 6.54 Å². The highest BCUT2D eigenvalue weighted by Crippen LogP contribution is 2.40. The van der Waals surface area contributed by atoms with Crippen molar-refractivity contribution in [3.63, 3.8) is 0 Å². The van der Waals surface area contributed by atoms with E-state index in [0.717, 1.165) is 31.5 Å². The van der Waals surface area contributed by atoms with Crippen LogP contribution in [-0.4, -0.2) is 22.6 Å². The number of rotatable bonds is 7. The monoisotopic (exact) mass is 277 g/mol. The maximum Gasteiger partial charge on any atom is 0.112 e. The van der Waals surface area contributed by atoms with Crippen molar-refractivity contribution < 1.29 is 0 Å². The zero-order valence-electron chi connectivity index (χ0n) is 13.4. The lowest BCUT2D eigenvalue weighted by Gasteiger charge is -2.36. The van der Waals surface area contributed by atoms with Gasteiger partial charge in [-0.3, -0.25) is 0 Å². The van der Waals surface area contributed by atoms with Gasteiger partial charge in [0.05, 0.1) is 0 Å². The normalized spacial score (nSPS) is 26.9. The van der Waals surface area contributed by atoms with Crippen molar-refractivity contribution in [1.82, 2.24) is 14.9 Å². The van der Waals surface area contributed by atoms with Gasteiger partial charge in [0.15, 0.2) is 0 Å². The molecule has 0 bridgehead atoms. The van der Waals surface area contributed by atoms with Crippen molar-refractivity contribution in [3.8, 4) is 0 Å². The van der Waals surface area contributed by atoms with Gasteiger partial charge in [-0.1, -0.05) is 26.7 Å². The second-order valence-electron chi connectivity index (χ2n) is 6.23. The highest BCUT2D eigenvalue weighted by Gasteiger charge is 2.32. The van der Waals surface area contributed by atoms with E-state index in [1.165, 1.54) is 37.9 Å². The lowest BCUT2D eigenvalue weighted by molar-refractivity contribution is 0.216. The summed E-state index contributed by atoms with van der Waals surface area (Å²) < 4.78 is 2.34. The van der Waals surface area contributed by atoms with Crippen LogP contribution in [0.15, 0.2) is 12.4 Å². The van der Waals surface area contributed by atoms with Crippen LogP contribution in [0.5, 0.6) is 0 Å². The number of imidazole rings is 1. The third kappa shape index (κ3) is 3.63. The summed E-state index contributed by atoms with van der Waals surface area (Å²) in [5, 5.41) is 3.63. The van der Waals surface area contributed by atoms with Crippen LogP contribution in [0.4, 0.5) is 0 Å². The maximum absolute atomic E-state index is 4.69. The van der Waals surface area contributed by atoms with E-state index < -0.39 is 0 Å². The first kappa shape index (κ1) is 15.6. The van der Waals surface area contributed by atoms with Crippen LogP contribution in [0.1, 0.15) is 64.6 Å². The summed E-state index contributed by atoms with van der Waals surface area (Å²) in [6.07, 6.45) is 10.7. The molecule has 0 radical (unpaired) electrons. The van der Waals surface area contributed by atoms with Crippen LogP contribution < -0.4 is 5.32 Å². The van der Waals surface area contributed by atoms with Crippen LogP contribution >= 0.6 is 0 Å². The number of hydrogen-bond donors (Lipinski definition) is 1. The Balaban J connectivity index is 2.09. The van der Waals surface area contributed by atoms with Crippen molar-refractivity contribution in [1.29, 1.82) is 0 Å². The minimum atomic E-state index is 0.646. The predicted molar refractivity (Wildman–Crippen MR) is 84.9 cm³/mol. The Hall–Kier alpha value is -0.830. The molecular weight excluding hydrogens is 246 g/mol. The molecule has 0 saturated heterocycles. The fourth-order valence-corrected chi connectivity index (χ4v) is 3.63. The van der Waals surface area contributed by atoms with Crippen LogP contribution in [0.25, 0.3) is 0 Å². The van der Waals surface area contributed by atoms with Crippen LogP contribution in [0, 0.1) is 11.8 Å². The van der Waals surface area contributed by atoms with E-state index in [2.05, 4.69) is 36.9 Å². The van der Waals surface area contributed by atoms with Crippen molar-refractivity contribution >= 4 is 0 Å². The summed E-state index contributed by atoms with van der Waals surface area (Å²) in [6, 6.07) is 0. The third-order valence-electron chi connectivity index (χ3n) is 4.93. The molecule has 3 heteroatoms. The predicted octanol–water partition coefficient (Wildman–Crippen LogP) is 3.81. The Morgan fingerprint density at radius 2 is 2.15 bits per heavy atom. The summed E-state index contributed by atoms with van der Waals surface area (Å²) >= 11 is 0. The highest BCUT2D eigenvalue weighted by atomic mass is 15.1. The Bertz CT molecular complexity index is 383. The molecule has 1 aliphatic rings. The maximum atomic E-state index is 4.69. The molecule has 0 aromatic carbocycles. The average molecular weight is 277 g/mol. The van der Waals surface area contributed by atoms with Gasteiger partial charge in [0.2, 0.25) is 0 Å². The zero-order chi connectivity index (χ0) is 14.4. The summed E-state index contributed by atoms with van der Waals surface area (Å²) in [6.45, 7) is 10.1. The fourth-order valence-electron chi connectivity index (χ4n) is 3.63. The molecule has 20 heavy (non-hydrogen) atoms. The van der Waals surface area contributed by atoms with E-state index in [-0.39, 0.29) is 0 Å². The molecule has 3 unspecified atom stereocenters. The first-order chi connectivity index (χ1) is 9.80. The van der Waals surface area contributed by atoms with Gasteiger partial charge in [0, 0.05) is 24.9 Å². The third-order valence-corrected chi connectivity index (χ3v) is 4.93. The van der Waals surface area contributed by atoms with E-state index in [0.29, 0.717) is 5.92 Å². The van der Waals surface area contributed by atoms with Gasteiger partial charge < -0.3 is 9.88 Å². The van der Waals surface area contributed by atoms with E-state index in [1.54, 1.807) is 0 Å². The zero-order valence-corrected chi connectivity index (χ0v) is 13.4. The van der Waals surface area contributed by atoms with E-state index in [1.807, 2.05) is 6.20 Å². The molecule has 1 aliphatic carbocycles. The SMILES string of the molecule is CCCNCC1CCC(CC)CC1c1nccn1CC. The quantitative estimate of drug-likeness (QED) is 0.768. The molecule has 1 aromatic rings. The summed E-state index contributed by atoms with van der Waals surface area (Å²) in [5.41, 5.74) is 0. The topological polar surface area (TPSA) is 29.9 Å². The smallest absolute Gasteiger partial charge is 0.112 e. The molecule has 1 N–H and O–H groups in total. The summed E-state index contributed by atoms with van der Waals surface area (Å²) in [7, 11) is 0. The van der Waals surface area contributed by atoms with Crippen molar-refractivity contribution in [2.75, 3.05) is 13.1 Å². The number of aromatic nitrogens is 2. The Morgan fingerprint density at radius 1 is 1.30 bits per heavy atom. The molecule has 0 amide bonds. The van der Waals surface area contributed by atoms with Crippen LogP contribution in [0.3, 0.4) is 0 Å². The lowest BCUT2D eigenvalue weighted by atomic mass is 9.72. The minimum absolute atomic E-state index is 0.646. The minimum Gasteiger partial charge on any atom is -0.335 e. The van der Waals surface area contributed by atoms with Gasteiger partial charge in [-0.2, -0.15) is 0 Å². The molecule has 1 fully saturated rings. The second-order valence-corrected chi connectivity index (χ2v) is 6.23. The molecule has 3 nitrogen and oxygen atoms in total. The number of aryl methyl sites for hydroxylation is 1. The lowest BCUT2D eigenvalue weighted by Crippen LogP contribution is -2.33. The average Bonchev–Trinajstić information content (AvgIpc) is 2.96. The molecule has 1 aromatic heterocycles. The summed E-state index contributed by atoms with van der Waals surface area (Å²) in [5.74, 6) is 3.63. The number of nitrogens with one attached hydrogen (secondary N) is 1. The van der Waals surface area contributed by atoms with E-state index in [9.17, 15) is 0 Å². The Labute approximate surface area is 124 Å². The number of nitrogens with zero attached hydrogens (tertiary/aromatic N) is 2. The van der Waals surface area contributed by atoms with Gasteiger partial charge in [0.1, 0.15) is 5.82 Å². The van der Waals surface area contributed by atoms with Crippen molar-refractivity contribution in [2.45, 2.75) is 65.3 Å². The summed E-state index contributed by atoms with van der Waals surface area (Å²) in [4.78, 5) is 4.69. The molecule has 0 spiro atoms. The second kappa shape index (κ2) is 7.82. The Kier molecular flexibility index (Phi) is 6.08. The van der Waals surface area contributed by atoms with Crippen LogP contribution in [0.2, 0.25) is 0 Å². The van der Waals surface area contributed by atoms with Crippen molar-refractivity contribution in [2.24, 2.45) is 11.8 Å². The molecule has 1 heterocycles. The Morgan fingerprint density at radius 3 is 2.85 bits per heavy atom. The standard InChI is InChI=1S/C17H31N3/c1-4-9-18-13-15-8-7-14(5-2)12-16(15)17-19-10-11-20(17)6-3/h10-11,14-16,18H,4-9,12-13H2,1-3H3. The molecule has 2 rings (SSSR count). The molecular formula is C17H31N3. The largest absolute Gasteiger partial charge is 0.335 e. The molecule has 3 atom stereocenters. The van der Waals surface area contributed by atoms with Gasteiger partial charge >= 0.3 is 0 Å². The van der Waals surface area contributed by atoms with E-state index >= 15 is 0 Å². The molecule has 114 valence electrons. The highest BCUT2D eigenvalue weighted by molar-refractivity contribution is 5.05. The van der Waals surface area contributed by atoms with Gasteiger partial charge in [-0.15, -0.1) is 0 Å². The number of hydrogen-bond acceptors (Lipinski definition) is 2. The first-order valence-electron chi connectivity index (χ1n) is 8.51. The van der Waals surface area contributed by atoms with Gasteiger partial charge in [-0.05, 0) is 51.1 Å². The molecule has 0 aliphatic heterocycles. The van der Waals surface area contributed by atoms with E-state index in [4.69, 9.17) is 4.98 Å². The van der Waals surface area contributed by atoms with Gasteiger partial charge in [-0.25, -0.2) is 4.98 Å².